The lowest BCUT2D eigenvalue weighted by atomic mass is 10.1. The maximum atomic E-state index is 6.23. The van der Waals surface area contributed by atoms with Gasteiger partial charge < -0.3 is 5.73 Å². The van der Waals surface area contributed by atoms with E-state index in [1.165, 1.54) is 23.5 Å². The van der Waals surface area contributed by atoms with Crippen molar-refractivity contribution in [3.8, 4) is 0 Å². The molecule has 1 unspecified atom stereocenters. The zero-order valence-electron chi connectivity index (χ0n) is 8.06. The number of thioether (sulfide) groups is 2. The molecule has 3 heteroatoms. The zero-order valence-corrected chi connectivity index (χ0v) is 9.69. The van der Waals surface area contributed by atoms with Crippen LogP contribution < -0.4 is 5.73 Å². The van der Waals surface area contributed by atoms with Gasteiger partial charge in [-0.1, -0.05) is 30.3 Å². The minimum Gasteiger partial charge on any atom is -0.322 e. The fraction of sp³-hybridized carbons (Fsp3) is 0.455. The lowest BCUT2D eigenvalue weighted by molar-refractivity contribution is 0.795. The van der Waals surface area contributed by atoms with Crippen LogP contribution in [0.4, 0.5) is 0 Å². The predicted molar refractivity (Wildman–Crippen MR) is 66.7 cm³/mol. The van der Waals surface area contributed by atoms with Crippen molar-refractivity contribution in [2.45, 2.75) is 17.0 Å². The molecule has 1 aromatic rings. The van der Waals surface area contributed by atoms with Crippen LogP contribution in [0.5, 0.6) is 0 Å². The van der Waals surface area contributed by atoms with E-state index in [4.69, 9.17) is 5.73 Å². The van der Waals surface area contributed by atoms with E-state index in [0.717, 1.165) is 0 Å². The molecule has 0 saturated carbocycles. The monoisotopic (exact) mass is 225 g/mol. The summed E-state index contributed by atoms with van der Waals surface area (Å²) in [6.07, 6.45) is 1.33. The summed E-state index contributed by atoms with van der Waals surface area (Å²) >= 11 is 4.01. The Kier molecular flexibility index (Phi) is 3.79. The molecular weight excluding hydrogens is 210 g/mol. The molecule has 1 aromatic carbocycles. The molecule has 0 radical (unpaired) electrons. The van der Waals surface area contributed by atoms with Crippen LogP contribution in [0.3, 0.4) is 0 Å². The molecule has 1 aliphatic heterocycles. The summed E-state index contributed by atoms with van der Waals surface area (Å²) in [7, 11) is 0. The van der Waals surface area contributed by atoms with E-state index in [1.54, 1.807) is 0 Å². The van der Waals surface area contributed by atoms with Crippen LogP contribution in [0.15, 0.2) is 30.3 Å². The van der Waals surface area contributed by atoms with Crippen molar-refractivity contribution in [3.05, 3.63) is 35.9 Å². The molecule has 0 bridgehead atoms. The van der Waals surface area contributed by atoms with Crippen LogP contribution in [0, 0.1) is 0 Å². The van der Waals surface area contributed by atoms with E-state index >= 15 is 0 Å². The van der Waals surface area contributed by atoms with Gasteiger partial charge in [0.25, 0.3) is 0 Å². The van der Waals surface area contributed by atoms with Crippen LogP contribution in [0.1, 0.15) is 18.0 Å². The van der Waals surface area contributed by atoms with Gasteiger partial charge in [0.15, 0.2) is 0 Å². The van der Waals surface area contributed by atoms with Gasteiger partial charge in [0.05, 0.1) is 10.6 Å². The first kappa shape index (κ1) is 10.4. The molecule has 1 fully saturated rings. The van der Waals surface area contributed by atoms with Gasteiger partial charge in [-0.2, -0.15) is 0 Å². The summed E-state index contributed by atoms with van der Waals surface area (Å²) in [5, 5.41) is 0. The third kappa shape index (κ3) is 2.47. The average Bonchev–Trinajstić information content (AvgIpc) is 2.30. The van der Waals surface area contributed by atoms with Crippen LogP contribution in [0.2, 0.25) is 0 Å². The van der Waals surface area contributed by atoms with Crippen LogP contribution >= 0.6 is 23.5 Å². The summed E-state index contributed by atoms with van der Waals surface area (Å²) in [4.78, 5) is 0. The molecule has 14 heavy (non-hydrogen) atoms. The largest absolute Gasteiger partial charge is 0.322 e. The lowest BCUT2D eigenvalue weighted by Gasteiger charge is -2.26. The van der Waals surface area contributed by atoms with E-state index in [0.29, 0.717) is 4.58 Å². The Labute approximate surface area is 93.8 Å². The van der Waals surface area contributed by atoms with Crippen molar-refractivity contribution in [2.24, 2.45) is 5.73 Å². The second kappa shape index (κ2) is 5.10. The summed E-state index contributed by atoms with van der Waals surface area (Å²) in [5.74, 6) is 2.52. The first-order valence-electron chi connectivity index (χ1n) is 4.91. The molecule has 1 atom stereocenters. The molecule has 0 aliphatic carbocycles. The fourth-order valence-corrected chi connectivity index (χ4v) is 4.51. The standard InChI is InChI=1S/C11H15NS2/c12-10(9-5-2-1-3-6-9)11-13-7-4-8-14-11/h1-3,5-6,10-11H,4,7-8,12H2. The van der Waals surface area contributed by atoms with Crippen LogP contribution in [-0.4, -0.2) is 16.1 Å². The van der Waals surface area contributed by atoms with Gasteiger partial charge in [0.1, 0.15) is 0 Å². The highest BCUT2D eigenvalue weighted by molar-refractivity contribution is 8.17. The van der Waals surface area contributed by atoms with Gasteiger partial charge in [-0.3, -0.25) is 0 Å². The van der Waals surface area contributed by atoms with Crippen LogP contribution in [-0.2, 0) is 0 Å². The van der Waals surface area contributed by atoms with Gasteiger partial charge >= 0.3 is 0 Å². The quantitative estimate of drug-likeness (QED) is 0.838. The van der Waals surface area contributed by atoms with E-state index in [2.05, 4.69) is 24.3 Å². The Morgan fingerprint density at radius 1 is 1.14 bits per heavy atom. The fourth-order valence-electron chi connectivity index (χ4n) is 1.55. The number of benzene rings is 1. The molecule has 1 nitrogen and oxygen atoms in total. The second-order valence-corrected chi connectivity index (χ2v) is 6.20. The molecule has 1 heterocycles. The summed E-state index contributed by atoms with van der Waals surface area (Å²) in [6, 6.07) is 10.6. The van der Waals surface area contributed by atoms with Gasteiger partial charge in [-0.25, -0.2) is 0 Å². The summed E-state index contributed by atoms with van der Waals surface area (Å²) in [5.41, 5.74) is 7.49. The number of rotatable bonds is 2. The molecule has 76 valence electrons. The number of hydrogen-bond donors (Lipinski definition) is 1. The maximum Gasteiger partial charge on any atom is 0.0694 e. The minimum absolute atomic E-state index is 0.187. The second-order valence-electron chi connectivity index (χ2n) is 3.40. The van der Waals surface area contributed by atoms with Crippen molar-refractivity contribution < 1.29 is 0 Å². The maximum absolute atomic E-state index is 6.23. The van der Waals surface area contributed by atoms with Crippen molar-refractivity contribution in [1.82, 2.24) is 0 Å². The van der Waals surface area contributed by atoms with Crippen molar-refractivity contribution >= 4 is 23.5 Å². The number of hydrogen-bond acceptors (Lipinski definition) is 3. The molecule has 2 rings (SSSR count). The molecule has 0 amide bonds. The Bertz CT molecular complexity index is 270. The molecule has 2 N–H and O–H groups in total. The van der Waals surface area contributed by atoms with Crippen LogP contribution in [0.25, 0.3) is 0 Å². The lowest BCUT2D eigenvalue weighted by Crippen LogP contribution is -2.23. The van der Waals surface area contributed by atoms with Gasteiger partial charge in [0.2, 0.25) is 0 Å². The van der Waals surface area contributed by atoms with E-state index in [-0.39, 0.29) is 6.04 Å². The topological polar surface area (TPSA) is 26.0 Å². The summed E-state index contributed by atoms with van der Waals surface area (Å²) in [6.45, 7) is 0. The van der Waals surface area contributed by atoms with Crippen molar-refractivity contribution in [1.29, 1.82) is 0 Å². The summed E-state index contributed by atoms with van der Waals surface area (Å²) < 4.78 is 0.547. The zero-order chi connectivity index (χ0) is 9.80. The Morgan fingerprint density at radius 3 is 2.43 bits per heavy atom. The van der Waals surface area contributed by atoms with Crippen molar-refractivity contribution in [3.63, 3.8) is 0 Å². The first-order chi connectivity index (χ1) is 6.88. The van der Waals surface area contributed by atoms with Crippen molar-refractivity contribution in [2.75, 3.05) is 11.5 Å². The Hall–Kier alpha value is -0.120. The van der Waals surface area contributed by atoms with E-state index in [9.17, 15) is 0 Å². The minimum atomic E-state index is 0.187. The van der Waals surface area contributed by atoms with Gasteiger partial charge in [-0.15, -0.1) is 23.5 Å². The highest BCUT2D eigenvalue weighted by atomic mass is 32.2. The number of nitrogens with two attached hydrogens (primary N) is 1. The van der Waals surface area contributed by atoms with Gasteiger partial charge in [-0.05, 0) is 23.5 Å². The van der Waals surface area contributed by atoms with E-state index in [1.807, 2.05) is 29.6 Å². The predicted octanol–water partition coefficient (Wildman–Crippen LogP) is 2.88. The molecule has 1 aliphatic rings. The highest BCUT2D eigenvalue weighted by Gasteiger charge is 2.22. The first-order valence-corrected chi connectivity index (χ1v) is 7.01. The molecule has 0 aromatic heterocycles. The molecular formula is C11H15NS2. The Morgan fingerprint density at radius 2 is 1.79 bits per heavy atom. The normalized spacial score (nSPS) is 20.6. The van der Waals surface area contributed by atoms with Gasteiger partial charge in [0, 0.05) is 0 Å². The average molecular weight is 225 g/mol. The third-order valence-corrected chi connectivity index (χ3v) is 5.44. The molecule has 0 spiro atoms. The SMILES string of the molecule is NC(c1ccccc1)C1SCCCS1. The Balaban J connectivity index is 2.03. The van der Waals surface area contributed by atoms with E-state index < -0.39 is 0 Å². The highest BCUT2D eigenvalue weighted by Crippen LogP contribution is 2.37. The third-order valence-electron chi connectivity index (χ3n) is 2.33. The smallest absolute Gasteiger partial charge is 0.0694 e. The molecule has 1 saturated heterocycles.